The molecule has 2 aliphatic carbocycles. The van der Waals surface area contributed by atoms with E-state index < -0.39 is 0 Å². The third-order valence-corrected chi connectivity index (χ3v) is 4.22. The molecular weight excluding hydrogens is 196 g/mol. The Morgan fingerprint density at radius 3 is 2.31 bits per heavy atom. The predicted octanol–water partition coefficient (Wildman–Crippen LogP) is 2.64. The van der Waals surface area contributed by atoms with Crippen LogP contribution in [0.5, 0.6) is 0 Å². The molecule has 2 heteroatoms. The SMILES string of the molecule is CN(CCNCC1CC1)C1CCCCCC1. The lowest BCUT2D eigenvalue weighted by Gasteiger charge is -2.27. The van der Waals surface area contributed by atoms with E-state index in [-0.39, 0.29) is 0 Å². The lowest BCUT2D eigenvalue weighted by atomic mass is 10.1. The van der Waals surface area contributed by atoms with Crippen molar-refractivity contribution in [3.05, 3.63) is 0 Å². The second-order valence-corrected chi connectivity index (χ2v) is 5.77. The minimum atomic E-state index is 0.866. The number of likely N-dealkylation sites (N-methyl/N-ethyl adjacent to an activating group) is 1. The molecule has 2 rings (SSSR count). The van der Waals surface area contributed by atoms with Gasteiger partial charge in [-0.25, -0.2) is 0 Å². The van der Waals surface area contributed by atoms with Crippen molar-refractivity contribution in [2.75, 3.05) is 26.7 Å². The predicted molar refractivity (Wildman–Crippen MR) is 69.7 cm³/mol. The topological polar surface area (TPSA) is 15.3 Å². The van der Waals surface area contributed by atoms with Crippen LogP contribution < -0.4 is 5.32 Å². The molecule has 0 aromatic carbocycles. The molecule has 0 heterocycles. The van der Waals surface area contributed by atoms with Gasteiger partial charge < -0.3 is 10.2 Å². The van der Waals surface area contributed by atoms with Crippen LogP contribution in [0.4, 0.5) is 0 Å². The molecule has 2 aliphatic rings. The van der Waals surface area contributed by atoms with Crippen molar-refractivity contribution in [2.45, 2.75) is 57.4 Å². The van der Waals surface area contributed by atoms with Gasteiger partial charge in [-0.15, -0.1) is 0 Å². The average Bonchev–Trinajstić information content (AvgIpc) is 3.10. The molecule has 0 atom stereocenters. The van der Waals surface area contributed by atoms with E-state index in [9.17, 15) is 0 Å². The summed E-state index contributed by atoms with van der Waals surface area (Å²) in [4.78, 5) is 2.59. The van der Waals surface area contributed by atoms with Gasteiger partial charge in [0, 0.05) is 19.1 Å². The molecule has 0 amide bonds. The summed E-state index contributed by atoms with van der Waals surface area (Å²) in [5.41, 5.74) is 0. The number of nitrogens with zero attached hydrogens (tertiary/aromatic N) is 1. The number of rotatable bonds is 6. The van der Waals surface area contributed by atoms with Crippen LogP contribution in [0.3, 0.4) is 0 Å². The summed E-state index contributed by atoms with van der Waals surface area (Å²) in [5.74, 6) is 1.02. The lowest BCUT2D eigenvalue weighted by Crippen LogP contribution is -2.37. The highest BCUT2D eigenvalue weighted by Gasteiger charge is 2.20. The molecule has 0 radical (unpaired) electrons. The van der Waals surface area contributed by atoms with Crippen LogP contribution in [0, 0.1) is 5.92 Å². The van der Waals surface area contributed by atoms with Crippen molar-refractivity contribution >= 4 is 0 Å². The fourth-order valence-electron chi connectivity index (χ4n) is 2.76. The van der Waals surface area contributed by atoms with Gasteiger partial charge in [0.05, 0.1) is 0 Å². The highest BCUT2D eigenvalue weighted by Crippen LogP contribution is 2.27. The van der Waals surface area contributed by atoms with Crippen molar-refractivity contribution in [1.29, 1.82) is 0 Å². The van der Waals surface area contributed by atoms with Crippen molar-refractivity contribution < 1.29 is 0 Å². The molecule has 0 aromatic heterocycles. The Hall–Kier alpha value is -0.0800. The van der Waals surface area contributed by atoms with E-state index in [1.54, 1.807) is 0 Å². The highest BCUT2D eigenvalue weighted by molar-refractivity contribution is 4.76. The zero-order valence-electron chi connectivity index (χ0n) is 10.9. The Morgan fingerprint density at radius 1 is 1.00 bits per heavy atom. The van der Waals surface area contributed by atoms with Crippen LogP contribution in [-0.2, 0) is 0 Å². The van der Waals surface area contributed by atoms with Gasteiger partial charge in [0.2, 0.25) is 0 Å². The number of nitrogens with one attached hydrogen (secondary N) is 1. The Bertz CT molecular complexity index is 181. The van der Waals surface area contributed by atoms with Crippen molar-refractivity contribution in [3.63, 3.8) is 0 Å². The molecule has 0 saturated heterocycles. The molecule has 1 N–H and O–H groups in total. The van der Waals surface area contributed by atoms with Gasteiger partial charge in [0.25, 0.3) is 0 Å². The second kappa shape index (κ2) is 6.61. The van der Waals surface area contributed by atoms with Crippen LogP contribution in [0.1, 0.15) is 51.4 Å². The van der Waals surface area contributed by atoms with Crippen LogP contribution >= 0.6 is 0 Å². The van der Waals surface area contributed by atoms with E-state index in [0.29, 0.717) is 0 Å². The monoisotopic (exact) mass is 224 g/mol. The maximum absolute atomic E-state index is 3.59. The first kappa shape index (κ1) is 12.4. The number of hydrogen-bond donors (Lipinski definition) is 1. The summed E-state index contributed by atoms with van der Waals surface area (Å²) in [6.07, 6.45) is 11.6. The van der Waals surface area contributed by atoms with Crippen molar-refractivity contribution in [1.82, 2.24) is 10.2 Å². The maximum Gasteiger partial charge on any atom is 0.0107 e. The average molecular weight is 224 g/mol. The first-order valence-corrected chi connectivity index (χ1v) is 7.27. The fraction of sp³-hybridized carbons (Fsp3) is 1.00. The van der Waals surface area contributed by atoms with Crippen LogP contribution in [0.25, 0.3) is 0 Å². The van der Waals surface area contributed by atoms with Gasteiger partial charge in [-0.2, -0.15) is 0 Å². The van der Waals surface area contributed by atoms with E-state index in [2.05, 4.69) is 17.3 Å². The van der Waals surface area contributed by atoms with Crippen LogP contribution in [0.15, 0.2) is 0 Å². The standard InChI is InChI=1S/C14H28N2/c1-16(11-10-15-12-13-8-9-13)14-6-4-2-3-5-7-14/h13-15H,2-12H2,1H3. The molecule has 0 unspecified atom stereocenters. The molecule has 16 heavy (non-hydrogen) atoms. The molecule has 0 bridgehead atoms. The lowest BCUT2D eigenvalue weighted by molar-refractivity contribution is 0.221. The van der Waals surface area contributed by atoms with Gasteiger partial charge in [0.15, 0.2) is 0 Å². The minimum absolute atomic E-state index is 0.866. The molecular formula is C14H28N2. The van der Waals surface area contributed by atoms with Gasteiger partial charge in [-0.1, -0.05) is 25.7 Å². The minimum Gasteiger partial charge on any atom is -0.315 e. The molecule has 0 aromatic rings. The highest BCUT2D eigenvalue weighted by atomic mass is 15.1. The molecule has 2 fully saturated rings. The van der Waals surface area contributed by atoms with Gasteiger partial charge in [-0.3, -0.25) is 0 Å². The smallest absolute Gasteiger partial charge is 0.0107 e. The van der Waals surface area contributed by atoms with Crippen molar-refractivity contribution in [3.8, 4) is 0 Å². The summed E-state index contributed by atoms with van der Waals surface area (Å²) in [6, 6.07) is 0.866. The second-order valence-electron chi connectivity index (χ2n) is 5.77. The Kier molecular flexibility index (Phi) is 5.11. The number of hydrogen-bond acceptors (Lipinski definition) is 2. The third-order valence-electron chi connectivity index (χ3n) is 4.22. The van der Waals surface area contributed by atoms with Gasteiger partial charge in [0.1, 0.15) is 0 Å². The maximum atomic E-state index is 3.59. The van der Waals surface area contributed by atoms with E-state index in [1.807, 2.05) is 0 Å². The fourth-order valence-corrected chi connectivity index (χ4v) is 2.76. The van der Waals surface area contributed by atoms with Gasteiger partial charge >= 0.3 is 0 Å². The first-order valence-electron chi connectivity index (χ1n) is 7.27. The van der Waals surface area contributed by atoms with E-state index >= 15 is 0 Å². The van der Waals surface area contributed by atoms with Crippen molar-refractivity contribution in [2.24, 2.45) is 5.92 Å². The summed E-state index contributed by atoms with van der Waals surface area (Å²) in [5, 5.41) is 3.59. The Morgan fingerprint density at radius 2 is 1.69 bits per heavy atom. The zero-order chi connectivity index (χ0) is 11.2. The quantitative estimate of drug-likeness (QED) is 0.551. The summed E-state index contributed by atoms with van der Waals surface area (Å²) < 4.78 is 0. The van der Waals surface area contributed by atoms with E-state index in [1.165, 1.54) is 71.0 Å². The van der Waals surface area contributed by atoms with E-state index in [4.69, 9.17) is 0 Å². The molecule has 0 spiro atoms. The molecule has 94 valence electrons. The molecule has 0 aliphatic heterocycles. The van der Waals surface area contributed by atoms with Gasteiger partial charge in [-0.05, 0) is 45.2 Å². The summed E-state index contributed by atoms with van der Waals surface area (Å²) >= 11 is 0. The summed E-state index contributed by atoms with van der Waals surface area (Å²) in [7, 11) is 2.31. The largest absolute Gasteiger partial charge is 0.315 e. The Balaban J connectivity index is 1.55. The Labute approximate surface area is 101 Å². The first-order chi connectivity index (χ1) is 7.86. The normalized spacial score (nSPS) is 23.6. The molecule has 2 saturated carbocycles. The van der Waals surface area contributed by atoms with Crippen LogP contribution in [-0.4, -0.2) is 37.6 Å². The zero-order valence-corrected chi connectivity index (χ0v) is 10.9. The van der Waals surface area contributed by atoms with E-state index in [0.717, 1.165) is 12.0 Å². The van der Waals surface area contributed by atoms with Crippen LogP contribution in [0.2, 0.25) is 0 Å². The third kappa shape index (κ3) is 4.42. The summed E-state index contributed by atoms with van der Waals surface area (Å²) in [6.45, 7) is 3.68. The molecule has 2 nitrogen and oxygen atoms in total.